The Morgan fingerprint density at radius 2 is 2.10 bits per heavy atom. The predicted octanol–water partition coefficient (Wildman–Crippen LogP) is 4.25. The maximum Gasteiger partial charge on any atom is 0.340 e. The first-order valence-electron chi connectivity index (χ1n) is 6.06. The van der Waals surface area contributed by atoms with E-state index in [1.165, 1.54) is 31.0 Å². The molecule has 0 spiro atoms. The number of nitrogens with two attached hydrogens (primary N) is 1. The summed E-state index contributed by atoms with van der Waals surface area (Å²) in [6.45, 7) is 0. The molecule has 2 aromatic carbocycles. The molecule has 0 aliphatic heterocycles. The first-order valence-corrected chi connectivity index (χ1v) is 7.83. The van der Waals surface area contributed by atoms with E-state index in [2.05, 4.69) is 20.7 Å². The molecule has 2 rings (SSSR count). The fraction of sp³-hybridized carbons (Fsp3) is 0.133. The Balaban J connectivity index is 2.12. The molecule has 0 aliphatic rings. The van der Waals surface area contributed by atoms with Gasteiger partial charge in [0.25, 0.3) is 0 Å². The average molecular weight is 370 g/mol. The summed E-state index contributed by atoms with van der Waals surface area (Å²) in [6, 6.07) is 10.1. The van der Waals surface area contributed by atoms with Crippen LogP contribution in [0.4, 0.5) is 10.1 Å². The highest BCUT2D eigenvalue weighted by Crippen LogP contribution is 2.31. The van der Waals surface area contributed by atoms with Crippen molar-refractivity contribution in [3.63, 3.8) is 0 Å². The summed E-state index contributed by atoms with van der Waals surface area (Å²) in [5, 5.41) is 0. The maximum absolute atomic E-state index is 13.8. The fourth-order valence-electron chi connectivity index (χ4n) is 1.72. The molecule has 0 bridgehead atoms. The first-order chi connectivity index (χ1) is 10.0. The van der Waals surface area contributed by atoms with Crippen molar-refractivity contribution < 1.29 is 13.9 Å². The zero-order chi connectivity index (χ0) is 15.4. The molecular formula is C15H13BrFNO2S. The smallest absolute Gasteiger partial charge is 0.340 e. The predicted molar refractivity (Wildman–Crippen MR) is 85.9 cm³/mol. The molecule has 21 heavy (non-hydrogen) atoms. The lowest BCUT2D eigenvalue weighted by atomic mass is 10.1. The summed E-state index contributed by atoms with van der Waals surface area (Å²) in [5.74, 6) is -0.705. The van der Waals surface area contributed by atoms with Crippen LogP contribution in [0.3, 0.4) is 0 Å². The Kier molecular flexibility index (Phi) is 5.25. The third-order valence-corrected chi connectivity index (χ3v) is 4.44. The zero-order valence-electron chi connectivity index (χ0n) is 11.2. The molecule has 0 aliphatic carbocycles. The van der Waals surface area contributed by atoms with Gasteiger partial charge in [0.2, 0.25) is 0 Å². The van der Waals surface area contributed by atoms with Crippen molar-refractivity contribution in [3.05, 3.63) is 57.8 Å². The molecule has 0 amide bonds. The van der Waals surface area contributed by atoms with Gasteiger partial charge in [-0.05, 0) is 35.9 Å². The molecule has 2 N–H and O–H groups in total. The van der Waals surface area contributed by atoms with Gasteiger partial charge in [0.15, 0.2) is 0 Å². The molecular weight excluding hydrogens is 357 g/mol. The van der Waals surface area contributed by atoms with Crippen LogP contribution >= 0.6 is 27.7 Å². The van der Waals surface area contributed by atoms with E-state index in [0.717, 1.165) is 14.9 Å². The van der Waals surface area contributed by atoms with Crippen molar-refractivity contribution in [1.29, 1.82) is 0 Å². The largest absolute Gasteiger partial charge is 0.465 e. The van der Waals surface area contributed by atoms with Crippen molar-refractivity contribution in [2.75, 3.05) is 12.8 Å². The molecule has 110 valence electrons. The molecule has 6 heteroatoms. The summed E-state index contributed by atoms with van der Waals surface area (Å²) in [5.41, 5.74) is 7.27. The van der Waals surface area contributed by atoms with Crippen LogP contribution in [0.25, 0.3) is 0 Å². The van der Waals surface area contributed by atoms with E-state index in [0.29, 0.717) is 11.4 Å². The second-order valence-corrected chi connectivity index (χ2v) is 6.21. The van der Waals surface area contributed by atoms with Crippen LogP contribution in [0.5, 0.6) is 0 Å². The molecule has 0 unspecified atom stereocenters. The van der Waals surface area contributed by atoms with Gasteiger partial charge in [-0.15, -0.1) is 11.8 Å². The lowest BCUT2D eigenvalue weighted by Crippen LogP contribution is -2.04. The van der Waals surface area contributed by atoms with E-state index >= 15 is 0 Å². The normalized spacial score (nSPS) is 10.4. The van der Waals surface area contributed by atoms with E-state index < -0.39 is 11.8 Å². The minimum absolute atomic E-state index is 0.0618. The Morgan fingerprint density at radius 3 is 2.76 bits per heavy atom. The Morgan fingerprint density at radius 1 is 1.33 bits per heavy atom. The second kappa shape index (κ2) is 6.95. The van der Waals surface area contributed by atoms with Gasteiger partial charge in [0.1, 0.15) is 5.82 Å². The third-order valence-electron chi connectivity index (χ3n) is 2.81. The molecule has 0 atom stereocenters. The highest BCUT2D eigenvalue weighted by atomic mass is 79.9. The minimum Gasteiger partial charge on any atom is -0.465 e. The van der Waals surface area contributed by atoms with E-state index in [9.17, 15) is 9.18 Å². The number of rotatable bonds is 4. The number of thioether (sulfide) groups is 1. The van der Waals surface area contributed by atoms with Crippen LogP contribution in [0.2, 0.25) is 0 Å². The van der Waals surface area contributed by atoms with Gasteiger partial charge < -0.3 is 10.5 Å². The van der Waals surface area contributed by atoms with Crippen LogP contribution in [-0.4, -0.2) is 13.1 Å². The Labute approximate surface area is 134 Å². The molecule has 0 heterocycles. The quantitative estimate of drug-likeness (QED) is 0.497. The van der Waals surface area contributed by atoms with Gasteiger partial charge in [-0.1, -0.05) is 22.0 Å². The van der Waals surface area contributed by atoms with Gasteiger partial charge >= 0.3 is 5.97 Å². The monoisotopic (exact) mass is 369 g/mol. The van der Waals surface area contributed by atoms with Crippen molar-refractivity contribution in [2.45, 2.75) is 10.6 Å². The molecule has 3 nitrogen and oxygen atoms in total. The van der Waals surface area contributed by atoms with Crippen molar-refractivity contribution in [3.8, 4) is 0 Å². The van der Waals surface area contributed by atoms with Crippen LogP contribution in [0.1, 0.15) is 15.9 Å². The number of carbonyl (C=O) groups excluding carboxylic acids is 1. The summed E-state index contributed by atoms with van der Waals surface area (Å²) >= 11 is 4.89. The number of methoxy groups -OCH3 is 1. The molecule has 2 aromatic rings. The molecule has 0 saturated carbocycles. The van der Waals surface area contributed by atoms with E-state index in [1.807, 2.05) is 18.2 Å². The standard InChI is InChI=1S/C15H13BrFNO2S/c1-20-15(19)11-4-2-9(6-12(11)17)8-21-14-7-10(16)3-5-13(14)18/h2-7H,8,18H2,1H3. The molecule has 0 radical (unpaired) electrons. The lowest BCUT2D eigenvalue weighted by Gasteiger charge is -2.07. The summed E-state index contributed by atoms with van der Waals surface area (Å²) in [4.78, 5) is 12.2. The Bertz CT molecular complexity index is 679. The van der Waals surface area contributed by atoms with E-state index in [4.69, 9.17) is 5.73 Å². The van der Waals surface area contributed by atoms with Gasteiger partial charge in [-0.2, -0.15) is 0 Å². The number of halogens is 2. The first kappa shape index (κ1) is 15.9. The summed E-state index contributed by atoms with van der Waals surface area (Å²) in [6.07, 6.45) is 0. The van der Waals surface area contributed by atoms with Crippen molar-refractivity contribution in [1.82, 2.24) is 0 Å². The topological polar surface area (TPSA) is 52.3 Å². The van der Waals surface area contributed by atoms with Crippen LogP contribution in [0.15, 0.2) is 45.8 Å². The molecule has 0 aromatic heterocycles. The van der Waals surface area contributed by atoms with Crippen LogP contribution in [0, 0.1) is 5.82 Å². The number of hydrogen-bond donors (Lipinski definition) is 1. The molecule has 0 fully saturated rings. The maximum atomic E-state index is 13.8. The number of hydrogen-bond acceptors (Lipinski definition) is 4. The van der Waals surface area contributed by atoms with Crippen molar-refractivity contribution in [2.24, 2.45) is 0 Å². The minimum atomic E-state index is -0.678. The number of nitrogen functional groups attached to an aromatic ring is 1. The SMILES string of the molecule is COC(=O)c1ccc(CSc2cc(Br)ccc2N)cc1F. The Hall–Kier alpha value is -1.53. The number of anilines is 1. The van der Waals surface area contributed by atoms with Gasteiger partial charge in [-0.25, -0.2) is 9.18 Å². The van der Waals surface area contributed by atoms with E-state index in [1.54, 1.807) is 6.07 Å². The van der Waals surface area contributed by atoms with Gasteiger partial charge in [0.05, 0.1) is 12.7 Å². The lowest BCUT2D eigenvalue weighted by molar-refractivity contribution is 0.0595. The second-order valence-electron chi connectivity index (χ2n) is 4.28. The van der Waals surface area contributed by atoms with E-state index in [-0.39, 0.29) is 5.56 Å². The fourth-order valence-corrected chi connectivity index (χ4v) is 3.18. The summed E-state index contributed by atoms with van der Waals surface area (Å²) in [7, 11) is 1.22. The van der Waals surface area contributed by atoms with Crippen LogP contribution < -0.4 is 5.73 Å². The van der Waals surface area contributed by atoms with Gasteiger partial charge in [0, 0.05) is 20.8 Å². The number of benzene rings is 2. The number of carbonyl (C=O) groups is 1. The molecule has 0 saturated heterocycles. The number of esters is 1. The third kappa shape index (κ3) is 3.98. The van der Waals surface area contributed by atoms with Gasteiger partial charge in [-0.3, -0.25) is 0 Å². The number of ether oxygens (including phenoxy) is 1. The van der Waals surface area contributed by atoms with Crippen LogP contribution in [-0.2, 0) is 10.5 Å². The van der Waals surface area contributed by atoms with Crippen molar-refractivity contribution >= 4 is 39.3 Å². The highest BCUT2D eigenvalue weighted by Gasteiger charge is 2.12. The average Bonchev–Trinajstić information content (AvgIpc) is 2.47. The summed E-state index contributed by atoms with van der Waals surface area (Å²) < 4.78 is 19.3. The highest BCUT2D eigenvalue weighted by molar-refractivity contribution is 9.10. The zero-order valence-corrected chi connectivity index (χ0v) is 13.6.